The highest BCUT2D eigenvalue weighted by molar-refractivity contribution is 5.85. The fourth-order valence-corrected chi connectivity index (χ4v) is 4.07. The zero-order valence-electron chi connectivity index (χ0n) is 18.5. The van der Waals surface area contributed by atoms with E-state index in [1.165, 1.54) is 0 Å². The molecule has 1 aliphatic rings. The highest BCUT2D eigenvalue weighted by atomic mass is 16.7. The van der Waals surface area contributed by atoms with E-state index in [0.717, 1.165) is 28.0 Å². The van der Waals surface area contributed by atoms with Crippen LogP contribution in [0.3, 0.4) is 0 Å². The second kappa shape index (κ2) is 9.75. The van der Waals surface area contributed by atoms with Gasteiger partial charge >= 0.3 is 0 Å². The first-order chi connectivity index (χ1) is 15.6. The van der Waals surface area contributed by atoms with E-state index in [1.807, 2.05) is 73.7 Å². The number of carbonyl (C=O) groups is 1. The number of methoxy groups -OCH3 is 2. The summed E-state index contributed by atoms with van der Waals surface area (Å²) in [5.41, 5.74) is 3.50. The van der Waals surface area contributed by atoms with Crippen molar-refractivity contribution >= 4 is 5.91 Å². The maximum absolute atomic E-state index is 13.5. The first-order valence-electron chi connectivity index (χ1n) is 10.5. The van der Waals surface area contributed by atoms with E-state index in [2.05, 4.69) is 5.32 Å². The number of benzene rings is 3. The summed E-state index contributed by atoms with van der Waals surface area (Å²) in [5, 5.41) is 3.22. The van der Waals surface area contributed by atoms with Crippen LogP contribution in [-0.2, 0) is 16.1 Å². The minimum atomic E-state index is -0.454. The van der Waals surface area contributed by atoms with Gasteiger partial charge in [0.25, 0.3) is 0 Å². The Morgan fingerprint density at radius 3 is 2.09 bits per heavy atom. The lowest BCUT2D eigenvalue weighted by molar-refractivity contribution is -0.122. The first-order valence-corrected chi connectivity index (χ1v) is 10.5. The molecule has 0 saturated carbocycles. The summed E-state index contributed by atoms with van der Waals surface area (Å²) in [6.45, 7) is 2.54. The van der Waals surface area contributed by atoms with Crippen LogP contribution in [0.4, 0.5) is 0 Å². The van der Waals surface area contributed by atoms with Gasteiger partial charge < -0.3 is 24.3 Å². The van der Waals surface area contributed by atoms with Gasteiger partial charge in [0.15, 0.2) is 6.79 Å². The average molecular weight is 434 g/mol. The van der Waals surface area contributed by atoms with Crippen LogP contribution in [0.2, 0.25) is 0 Å². The predicted molar refractivity (Wildman–Crippen MR) is 121 cm³/mol. The monoisotopic (exact) mass is 433 g/mol. The third-order valence-corrected chi connectivity index (χ3v) is 5.76. The van der Waals surface area contributed by atoms with Crippen molar-refractivity contribution in [1.82, 2.24) is 5.32 Å². The molecule has 1 amide bonds. The van der Waals surface area contributed by atoms with Crippen LogP contribution in [0, 0.1) is 0 Å². The Bertz CT molecular complexity index is 1050. The zero-order valence-corrected chi connectivity index (χ0v) is 18.5. The Labute approximate surface area is 188 Å². The Morgan fingerprint density at radius 1 is 0.875 bits per heavy atom. The van der Waals surface area contributed by atoms with Crippen molar-refractivity contribution < 1.29 is 23.7 Å². The minimum absolute atomic E-state index is 0.120. The van der Waals surface area contributed by atoms with Crippen molar-refractivity contribution in [2.45, 2.75) is 25.5 Å². The lowest BCUT2D eigenvalue weighted by Gasteiger charge is -2.27. The maximum atomic E-state index is 13.5. The Kier molecular flexibility index (Phi) is 6.61. The molecule has 6 heteroatoms. The Morgan fingerprint density at radius 2 is 1.47 bits per heavy atom. The third kappa shape index (κ3) is 4.27. The number of ether oxygens (including phenoxy) is 4. The van der Waals surface area contributed by atoms with Crippen molar-refractivity contribution in [2.75, 3.05) is 21.0 Å². The molecule has 0 bridgehead atoms. The molecule has 1 aliphatic heterocycles. The quantitative estimate of drug-likeness (QED) is 0.591. The van der Waals surface area contributed by atoms with E-state index in [9.17, 15) is 4.79 Å². The largest absolute Gasteiger partial charge is 0.496 e. The molecule has 6 nitrogen and oxygen atoms in total. The summed E-state index contributed by atoms with van der Waals surface area (Å²) >= 11 is 0. The standard InChI is InChI=1S/C26H27NO5/c1-17(18-11-8-14-24-21(18)15-31-16-32-24)26(28)27-25(19-9-4-6-12-22(19)29-2)20-10-5-7-13-23(20)30-3/h4-14,17,25H,15-16H2,1-3H3,(H,27,28)/t17-/m1/s1. The molecular weight excluding hydrogens is 406 g/mol. The van der Waals surface area contributed by atoms with Gasteiger partial charge in [-0.05, 0) is 30.7 Å². The molecule has 0 spiro atoms. The van der Waals surface area contributed by atoms with Gasteiger partial charge in [0, 0.05) is 16.7 Å². The van der Waals surface area contributed by atoms with Crippen LogP contribution in [0.25, 0.3) is 0 Å². The molecular formula is C26H27NO5. The summed E-state index contributed by atoms with van der Waals surface area (Å²) in [6.07, 6.45) is 0. The number of hydrogen-bond donors (Lipinski definition) is 1. The van der Waals surface area contributed by atoms with Gasteiger partial charge in [-0.2, -0.15) is 0 Å². The zero-order chi connectivity index (χ0) is 22.5. The third-order valence-electron chi connectivity index (χ3n) is 5.76. The van der Waals surface area contributed by atoms with Crippen molar-refractivity contribution in [1.29, 1.82) is 0 Å². The smallest absolute Gasteiger partial charge is 0.228 e. The van der Waals surface area contributed by atoms with E-state index in [4.69, 9.17) is 18.9 Å². The average Bonchev–Trinajstić information content (AvgIpc) is 2.86. The van der Waals surface area contributed by atoms with Crippen LogP contribution in [0.5, 0.6) is 17.2 Å². The Hall–Kier alpha value is -3.51. The molecule has 4 rings (SSSR count). The van der Waals surface area contributed by atoms with E-state index >= 15 is 0 Å². The van der Waals surface area contributed by atoms with Crippen LogP contribution in [0.1, 0.15) is 41.1 Å². The number of amides is 1. The molecule has 3 aromatic rings. The first kappa shape index (κ1) is 21.7. The number of para-hydroxylation sites is 2. The van der Waals surface area contributed by atoms with Crippen molar-refractivity contribution in [3.05, 3.63) is 89.0 Å². The van der Waals surface area contributed by atoms with Gasteiger partial charge in [0.2, 0.25) is 5.91 Å². The minimum Gasteiger partial charge on any atom is -0.496 e. The predicted octanol–water partition coefficient (Wildman–Crippen LogP) is 4.58. The number of hydrogen-bond acceptors (Lipinski definition) is 5. The summed E-state index contributed by atoms with van der Waals surface area (Å²) in [5.74, 6) is 1.61. The number of fused-ring (bicyclic) bond motifs is 1. The van der Waals surface area contributed by atoms with E-state index in [-0.39, 0.29) is 12.7 Å². The highest BCUT2D eigenvalue weighted by Crippen LogP contribution is 2.36. The molecule has 1 heterocycles. The van der Waals surface area contributed by atoms with Gasteiger partial charge in [-0.3, -0.25) is 4.79 Å². The fraction of sp³-hybridized carbons (Fsp3) is 0.269. The number of carbonyl (C=O) groups excluding carboxylic acids is 1. The molecule has 166 valence electrons. The molecule has 1 N–H and O–H groups in total. The van der Waals surface area contributed by atoms with Gasteiger partial charge in [-0.15, -0.1) is 0 Å². The Balaban J connectivity index is 1.71. The SMILES string of the molecule is COc1ccccc1C(NC(=O)[C@H](C)c1cccc2c1COCO2)c1ccccc1OC. The molecule has 0 unspecified atom stereocenters. The van der Waals surface area contributed by atoms with Gasteiger partial charge in [0.05, 0.1) is 32.8 Å². The molecule has 32 heavy (non-hydrogen) atoms. The van der Waals surface area contributed by atoms with Crippen LogP contribution >= 0.6 is 0 Å². The topological polar surface area (TPSA) is 66.0 Å². The van der Waals surface area contributed by atoms with Crippen molar-refractivity contribution in [2.24, 2.45) is 0 Å². The number of nitrogens with one attached hydrogen (secondary N) is 1. The molecule has 0 aromatic heterocycles. The molecule has 1 atom stereocenters. The second-order valence-corrected chi connectivity index (χ2v) is 7.58. The van der Waals surface area contributed by atoms with Crippen molar-refractivity contribution in [3.63, 3.8) is 0 Å². The lowest BCUT2D eigenvalue weighted by Crippen LogP contribution is -2.33. The fourth-order valence-electron chi connectivity index (χ4n) is 4.07. The second-order valence-electron chi connectivity index (χ2n) is 7.58. The lowest BCUT2D eigenvalue weighted by atomic mass is 9.92. The van der Waals surface area contributed by atoms with Crippen molar-refractivity contribution in [3.8, 4) is 17.2 Å². The summed E-state index contributed by atoms with van der Waals surface area (Å²) in [7, 11) is 3.25. The maximum Gasteiger partial charge on any atom is 0.228 e. The van der Waals surface area contributed by atoms with E-state index in [0.29, 0.717) is 18.1 Å². The van der Waals surface area contributed by atoms with E-state index in [1.54, 1.807) is 14.2 Å². The molecule has 0 radical (unpaired) electrons. The van der Waals surface area contributed by atoms with Gasteiger partial charge in [-0.1, -0.05) is 48.5 Å². The molecule has 0 aliphatic carbocycles. The summed E-state index contributed by atoms with van der Waals surface area (Å²) in [4.78, 5) is 13.5. The highest BCUT2D eigenvalue weighted by Gasteiger charge is 2.28. The molecule has 0 saturated heterocycles. The summed E-state index contributed by atoms with van der Waals surface area (Å²) in [6, 6.07) is 20.6. The van der Waals surface area contributed by atoms with Crippen LogP contribution in [0.15, 0.2) is 66.7 Å². The van der Waals surface area contributed by atoms with Crippen LogP contribution < -0.4 is 19.5 Å². The van der Waals surface area contributed by atoms with E-state index < -0.39 is 12.0 Å². The normalized spacial score (nSPS) is 13.6. The molecule has 0 fully saturated rings. The molecule has 3 aromatic carbocycles. The van der Waals surface area contributed by atoms with Gasteiger partial charge in [-0.25, -0.2) is 0 Å². The number of rotatable bonds is 7. The summed E-state index contributed by atoms with van der Waals surface area (Å²) < 4.78 is 22.2. The van der Waals surface area contributed by atoms with Crippen LogP contribution in [-0.4, -0.2) is 26.9 Å². The van der Waals surface area contributed by atoms with Gasteiger partial charge in [0.1, 0.15) is 17.2 Å².